The van der Waals surface area contributed by atoms with Crippen molar-refractivity contribution in [3.8, 4) is 0 Å². The summed E-state index contributed by atoms with van der Waals surface area (Å²) >= 11 is 12.3. The molecule has 0 fully saturated rings. The molecule has 0 aliphatic heterocycles. The first-order valence-corrected chi connectivity index (χ1v) is 12.3. The summed E-state index contributed by atoms with van der Waals surface area (Å²) in [6.07, 6.45) is 1.56. The predicted octanol–water partition coefficient (Wildman–Crippen LogP) is 4.32. The highest BCUT2D eigenvalue weighted by Gasteiger charge is 2.24. The van der Waals surface area contributed by atoms with Crippen LogP contribution in [0, 0.1) is 5.41 Å². The predicted molar refractivity (Wildman–Crippen MR) is 130 cm³/mol. The first-order chi connectivity index (χ1) is 16.3. The highest BCUT2D eigenvalue weighted by atomic mass is 35.5. The number of nitrogens with one attached hydrogen (secondary N) is 1. The molecule has 34 heavy (non-hydrogen) atoms. The van der Waals surface area contributed by atoms with Crippen LogP contribution in [0.5, 0.6) is 0 Å². The number of pyridine rings is 2. The molecule has 0 bridgehead atoms. The quantitative estimate of drug-likeness (QED) is 0.364. The zero-order valence-electron chi connectivity index (χ0n) is 17.4. The van der Waals surface area contributed by atoms with Gasteiger partial charge in [0.2, 0.25) is 9.84 Å². The molecule has 5 aromatic rings. The molecule has 3 heterocycles. The molecule has 3 aromatic heterocycles. The number of rotatable bonds is 4. The number of aromatic nitrogens is 3. The minimum atomic E-state index is -4.15. The average Bonchev–Trinajstić information content (AvgIpc) is 2.82. The van der Waals surface area contributed by atoms with Gasteiger partial charge in [0.25, 0.3) is 5.56 Å². The molecule has 5 rings (SSSR count). The van der Waals surface area contributed by atoms with E-state index in [0.29, 0.717) is 21.3 Å². The maximum absolute atomic E-state index is 13.5. The Bertz CT molecular complexity index is 1810. The molecule has 0 amide bonds. The summed E-state index contributed by atoms with van der Waals surface area (Å²) in [6.45, 7) is 0.0500. The Morgan fingerprint density at radius 3 is 2.38 bits per heavy atom. The molecular weight excluding hydrogens is 495 g/mol. The first kappa shape index (κ1) is 22.3. The molecule has 0 saturated heterocycles. The minimum absolute atomic E-state index is 0.0390. The molecule has 0 atom stereocenters. The number of sulfone groups is 1. The van der Waals surface area contributed by atoms with E-state index in [9.17, 15) is 13.2 Å². The van der Waals surface area contributed by atoms with E-state index in [2.05, 4.69) is 4.98 Å². The molecule has 0 aliphatic carbocycles. The SMILES string of the molecule is N=c1c(S(=O)(=O)c2ccc(Cl)cc2)cc2c(=O)n3ccccc3nc2n1Cc1ccccc1Cl. The molecule has 10 heteroatoms. The molecule has 1 N–H and O–H groups in total. The number of nitrogens with zero attached hydrogens (tertiary/aromatic N) is 3. The van der Waals surface area contributed by atoms with Gasteiger partial charge in [-0.15, -0.1) is 0 Å². The fraction of sp³-hybridized carbons (Fsp3) is 0.0417. The summed E-state index contributed by atoms with van der Waals surface area (Å²) in [5.74, 6) is 0. The van der Waals surface area contributed by atoms with Crippen LogP contribution in [0.3, 0.4) is 0 Å². The molecule has 0 saturated carbocycles. The van der Waals surface area contributed by atoms with Gasteiger partial charge in [-0.05, 0) is 54.1 Å². The Morgan fingerprint density at radius 1 is 0.941 bits per heavy atom. The Kier molecular flexibility index (Phi) is 5.51. The van der Waals surface area contributed by atoms with Gasteiger partial charge in [0.05, 0.1) is 16.8 Å². The van der Waals surface area contributed by atoms with Crippen LogP contribution in [0.15, 0.2) is 93.6 Å². The van der Waals surface area contributed by atoms with Gasteiger partial charge in [-0.2, -0.15) is 0 Å². The van der Waals surface area contributed by atoms with Crippen molar-refractivity contribution >= 4 is 49.7 Å². The molecule has 170 valence electrons. The van der Waals surface area contributed by atoms with Gasteiger partial charge in [0.15, 0.2) is 0 Å². The maximum atomic E-state index is 13.5. The van der Waals surface area contributed by atoms with Crippen molar-refractivity contribution in [2.24, 2.45) is 0 Å². The van der Waals surface area contributed by atoms with Crippen LogP contribution in [-0.2, 0) is 16.4 Å². The fourth-order valence-electron chi connectivity index (χ4n) is 3.76. The number of benzene rings is 2. The normalized spacial score (nSPS) is 11.8. The van der Waals surface area contributed by atoms with E-state index in [1.165, 1.54) is 39.3 Å². The van der Waals surface area contributed by atoms with Gasteiger partial charge in [0.1, 0.15) is 21.7 Å². The Hall–Kier alpha value is -3.46. The van der Waals surface area contributed by atoms with E-state index in [1.54, 1.807) is 48.7 Å². The number of hydrogen-bond acceptors (Lipinski definition) is 5. The van der Waals surface area contributed by atoms with Crippen LogP contribution in [0.2, 0.25) is 10.0 Å². The number of halogens is 2. The molecule has 0 unspecified atom stereocenters. The van der Waals surface area contributed by atoms with Crippen molar-refractivity contribution in [2.75, 3.05) is 0 Å². The summed E-state index contributed by atoms with van der Waals surface area (Å²) < 4.78 is 29.8. The van der Waals surface area contributed by atoms with E-state index in [1.807, 2.05) is 0 Å². The van der Waals surface area contributed by atoms with Crippen LogP contribution < -0.4 is 11.0 Å². The third kappa shape index (κ3) is 3.69. The molecule has 0 spiro atoms. The highest BCUT2D eigenvalue weighted by Crippen LogP contribution is 2.23. The van der Waals surface area contributed by atoms with Crippen LogP contribution in [0.25, 0.3) is 16.7 Å². The van der Waals surface area contributed by atoms with Crippen molar-refractivity contribution in [3.63, 3.8) is 0 Å². The Balaban J connectivity index is 1.88. The van der Waals surface area contributed by atoms with Gasteiger partial charge in [-0.1, -0.05) is 47.5 Å². The Labute approximate surface area is 203 Å². The van der Waals surface area contributed by atoms with E-state index in [4.69, 9.17) is 28.6 Å². The first-order valence-electron chi connectivity index (χ1n) is 10.1. The lowest BCUT2D eigenvalue weighted by Crippen LogP contribution is -2.30. The second-order valence-corrected chi connectivity index (χ2v) is 10.3. The van der Waals surface area contributed by atoms with Crippen LogP contribution >= 0.6 is 23.2 Å². The van der Waals surface area contributed by atoms with E-state index in [-0.39, 0.29) is 32.9 Å². The van der Waals surface area contributed by atoms with Gasteiger partial charge < -0.3 is 4.57 Å². The van der Waals surface area contributed by atoms with Gasteiger partial charge in [-0.25, -0.2) is 13.4 Å². The van der Waals surface area contributed by atoms with Crippen molar-refractivity contribution in [1.29, 1.82) is 5.41 Å². The van der Waals surface area contributed by atoms with Crippen LogP contribution in [0.1, 0.15) is 5.56 Å². The smallest absolute Gasteiger partial charge is 0.267 e. The topological polar surface area (TPSA) is 97.3 Å². The third-order valence-corrected chi connectivity index (χ3v) is 7.89. The number of hydrogen-bond donors (Lipinski definition) is 1. The van der Waals surface area contributed by atoms with E-state index in [0.717, 1.165) is 0 Å². The summed E-state index contributed by atoms with van der Waals surface area (Å²) in [4.78, 5) is 17.6. The second kappa shape index (κ2) is 8.39. The second-order valence-electron chi connectivity index (χ2n) is 7.58. The summed E-state index contributed by atoms with van der Waals surface area (Å²) in [5, 5.41) is 9.74. The summed E-state index contributed by atoms with van der Waals surface area (Å²) in [5.41, 5.74) is 0.465. The average molecular weight is 511 g/mol. The molecule has 2 aromatic carbocycles. The molecule has 0 aliphatic rings. The highest BCUT2D eigenvalue weighted by molar-refractivity contribution is 7.91. The van der Waals surface area contributed by atoms with Crippen molar-refractivity contribution in [1.82, 2.24) is 14.0 Å². The summed E-state index contributed by atoms with van der Waals surface area (Å²) in [7, 11) is -4.15. The zero-order valence-corrected chi connectivity index (χ0v) is 19.8. The van der Waals surface area contributed by atoms with Crippen LogP contribution in [-0.4, -0.2) is 22.4 Å². The molecule has 0 radical (unpaired) electrons. The maximum Gasteiger partial charge on any atom is 0.267 e. The monoisotopic (exact) mass is 510 g/mol. The third-order valence-electron chi connectivity index (χ3n) is 5.48. The van der Waals surface area contributed by atoms with Crippen molar-refractivity contribution < 1.29 is 8.42 Å². The molecule has 7 nitrogen and oxygen atoms in total. The lowest BCUT2D eigenvalue weighted by Gasteiger charge is -2.16. The standard InChI is InChI=1S/C24H16Cl2N4O3S/c25-16-8-10-17(11-9-16)34(32,33)20-13-18-23(28-21-7-3-4-12-29(21)24(18)31)30(22(20)27)14-15-5-1-2-6-19(15)26/h1-13,27H,14H2. The van der Waals surface area contributed by atoms with E-state index < -0.39 is 15.4 Å². The number of fused-ring (bicyclic) bond motifs is 2. The van der Waals surface area contributed by atoms with Crippen LogP contribution in [0.4, 0.5) is 0 Å². The van der Waals surface area contributed by atoms with Gasteiger partial charge in [0, 0.05) is 16.2 Å². The minimum Gasteiger partial charge on any atom is -0.305 e. The van der Waals surface area contributed by atoms with Crippen molar-refractivity contribution in [2.45, 2.75) is 16.3 Å². The Morgan fingerprint density at radius 2 is 1.65 bits per heavy atom. The van der Waals surface area contributed by atoms with Gasteiger partial charge >= 0.3 is 0 Å². The largest absolute Gasteiger partial charge is 0.305 e. The summed E-state index contributed by atoms with van der Waals surface area (Å²) in [6, 6.07) is 19.0. The van der Waals surface area contributed by atoms with Crippen molar-refractivity contribution in [3.05, 3.63) is 110 Å². The fourth-order valence-corrected chi connectivity index (χ4v) is 5.47. The lowest BCUT2D eigenvalue weighted by atomic mass is 10.2. The lowest BCUT2D eigenvalue weighted by molar-refractivity contribution is 0.591. The van der Waals surface area contributed by atoms with E-state index >= 15 is 0 Å². The van der Waals surface area contributed by atoms with Gasteiger partial charge in [-0.3, -0.25) is 14.6 Å². The molecular formula is C24H16Cl2N4O3S. The zero-order chi connectivity index (χ0) is 24.0.